The third kappa shape index (κ3) is 4.60. The highest BCUT2D eigenvalue weighted by molar-refractivity contribution is 5.22. The van der Waals surface area contributed by atoms with Crippen LogP contribution < -0.4 is 0 Å². The number of likely N-dealkylation sites (N-methyl/N-ethyl adjacent to an activating group) is 1. The van der Waals surface area contributed by atoms with Gasteiger partial charge >= 0.3 is 0 Å². The van der Waals surface area contributed by atoms with Gasteiger partial charge < -0.3 is 5.11 Å². The zero-order valence-electron chi connectivity index (χ0n) is 13.6. The van der Waals surface area contributed by atoms with E-state index in [1.165, 1.54) is 5.56 Å². The molecule has 1 rings (SSSR count). The van der Waals surface area contributed by atoms with Gasteiger partial charge in [0.2, 0.25) is 0 Å². The second-order valence-corrected chi connectivity index (χ2v) is 6.09. The molecular formula is C18H31NO. The molecule has 0 saturated heterocycles. The molecule has 0 amide bonds. The van der Waals surface area contributed by atoms with Gasteiger partial charge in [-0.1, -0.05) is 69.9 Å². The first kappa shape index (κ1) is 17.2. The molecule has 1 N–H and O–H groups in total. The van der Waals surface area contributed by atoms with E-state index in [4.69, 9.17) is 0 Å². The minimum Gasteiger partial charge on any atom is -0.388 e. The summed E-state index contributed by atoms with van der Waals surface area (Å²) in [7, 11) is 4.14. The van der Waals surface area contributed by atoms with E-state index in [1.807, 2.05) is 6.07 Å². The molecule has 1 unspecified atom stereocenters. The van der Waals surface area contributed by atoms with Gasteiger partial charge in [0.1, 0.15) is 0 Å². The van der Waals surface area contributed by atoms with E-state index in [0.717, 1.165) is 38.5 Å². The van der Waals surface area contributed by atoms with Gasteiger partial charge in [-0.25, -0.2) is 0 Å². The number of hydrogen-bond acceptors (Lipinski definition) is 2. The molecule has 0 radical (unpaired) electrons. The summed E-state index contributed by atoms with van der Waals surface area (Å²) in [5.41, 5.74) is 0.587. The van der Waals surface area contributed by atoms with Gasteiger partial charge in [0.25, 0.3) is 0 Å². The normalized spacial score (nSPS) is 13.7. The fourth-order valence-electron chi connectivity index (χ4n) is 3.09. The number of benzene rings is 1. The molecule has 1 aromatic rings. The van der Waals surface area contributed by atoms with Gasteiger partial charge in [-0.05, 0) is 32.5 Å². The summed E-state index contributed by atoms with van der Waals surface area (Å²) in [6.07, 6.45) is 6.17. The Kier molecular flexibility index (Phi) is 7.25. The zero-order valence-corrected chi connectivity index (χ0v) is 13.6. The van der Waals surface area contributed by atoms with Crippen LogP contribution in [0, 0.1) is 0 Å². The molecule has 0 aliphatic rings. The SMILES string of the molecule is CCCCC(O)(CCCC)C(c1ccccc1)N(C)C. The number of rotatable bonds is 9. The summed E-state index contributed by atoms with van der Waals surface area (Å²) < 4.78 is 0. The number of unbranched alkanes of at least 4 members (excludes halogenated alkanes) is 2. The summed E-state index contributed by atoms with van der Waals surface area (Å²) >= 11 is 0. The quantitative estimate of drug-likeness (QED) is 0.723. The lowest BCUT2D eigenvalue weighted by Crippen LogP contribution is -2.43. The van der Waals surface area contributed by atoms with Crippen LogP contribution in [0.3, 0.4) is 0 Å². The molecule has 1 atom stereocenters. The van der Waals surface area contributed by atoms with Crippen molar-refractivity contribution in [1.82, 2.24) is 4.90 Å². The van der Waals surface area contributed by atoms with Crippen LogP contribution in [0.5, 0.6) is 0 Å². The molecule has 0 fully saturated rings. The fraction of sp³-hybridized carbons (Fsp3) is 0.667. The maximum Gasteiger partial charge on any atom is 0.0843 e. The molecule has 1 aromatic carbocycles. The largest absolute Gasteiger partial charge is 0.388 e. The summed E-state index contributed by atoms with van der Waals surface area (Å²) in [6.45, 7) is 4.38. The maximum atomic E-state index is 11.3. The van der Waals surface area contributed by atoms with Crippen LogP contribution in [0.4, 0.5) is 0 Å². The van der Waals surface area contributed by atoms with Crippen LogP contribution >= 0.6 is 0 Å². The van der Waals surface area contributed by atoms with Crippen LogP contribution in [-0.4, -0.2) is 29.7 Å². The molecular weight excluding hydrogens is 246 g/mol. The maximum absolute atomic E-state index is 11.3. The van der Waals surface area contributed by atoms with Gasteiger partial charge in [0, 0.05) is 0 Å². The Hall–Kier alpha value is -0.860. The molecule has 2 heteroatoms. The Morgan fingerprint density at radius 3 is 1.90 bits per heavy atom. The lowest BCUT2D eigenvalue weighted by atomic mass is 9.80. The molecule has 0 aliphatic carbocycles. The van der Waals surface area contributed by atoms with Crippen molar-refractivity contribution in [3.05, 3.63) is 35.9 Å². The van der Waals surface area contributed by atoms with Crippen LogP contribution in [0.25, 0.3) is 0 Å². The fourth-order valence-corrected chi connectivity index (χ4v) is 3.09. The van der Waals surface area contributed by atoms with Gasteiger partial charge in [-0.3, -0.25) is 4.90 Å². The highest BCUT2D eigenvalue weighted by Crippen LogP contribution is 2.37. The highest BCUT2D eigenvalue weighted by atomic mass is 16.3. The Bertz CT molecular complexity index is 353. The van der Waals surface area contributed by atoms with Crippen molar-refractivity contribution < 1.29 is 5.11 Å². The minimum absolute atomic E-state index is 0.0711. The molecule has 0 bridgehead atoms. The van der Waals surface area contributed by atoms with E-state index in [1.54, 1.807) is 0 Å². The van der Waals surface area contributed by atoms with E-state index in [2.05, 4.69) is 57.1 Å². The van der Waals surface area contributed by atoms with Crippen molar-refractivity contribution in [3.63, 3.8) is 0 Å². The number of aliphatic hydroxyl groups is 1. The topological polar surface area (TPSA) is 23.5 Å². The number of hydrogen-bond donors (Lipinski definition) is 1. The molecule has 0 heterocycles. The Balaban J connectivity index is 3.04. The van der Waals surface area contributed by atoms with Gasteiger partial charge in [-0.2, -0.15) is 0 Å². The smallest absolute Gasteiger partial charge is 0.0843 e. The van der Waals surface area contributed by atoms with Gasteiger partial charge in [0.15, 0.2) is 0 Å². The minimum atomic E-state index is -0.628. The first-order valence-corrected chi connectivity index (χ1v) is 7.99. The number of nitrogens with zero attached hydrogens (tertiary/aromatic N) is 1. The highest BCUT2D eigenvalue weighted by Gasteiger charge is 2.37. The van der Waals surface area contributed by atoms with E-state index in [0.29, 0.717) is 0 Å². The molecule has 20 heavy (non-hydrogen) atoms. The first-order valence-electron chi connectivity index (χ1n) is 7.99. The average Bonchev–Trinajstić information content (AvgIpc) is 2.44. The second kappa shape index (κ2) is 8.43. The van der Waals surface area contributed by atoms with Crippen LogP contribution in [0.2, 0.25) is 0 Å². The Morgan fingerprint density at radius 1 is 1.00 bits per heavy atom. The average molecular weight is 277 g/mol. The molecule has 2 nitrogen and oxygen atoms in total. The van der Waals surface area contributed by atoms with E-state index in [9.17, 15) is 5.11 Å². The van der Waals surface area contributed by atoms with Crippen molar-refractivity contribution in [3.8, 4) is 0 Å². The van der Waals surface area contributed by atoms with Crippen LogP contribution in [0.15, 0.2) is 30.3 Å². The van der Waals surface area contributed by atoms with Crippen molar-refractivity contribution in [2.45, 2.75) is 64.0 Å². The van der Waals surface area contributed by atoms with Crippen molar-refractivity contribution in [2.75, 3.05) is 14.1 Å². The summed E-state index contributed by atoms with van der Waals surface area (Å²) in [5, 5.41) is 11.3. The van der Waals surface area contributed by atoms with Crippen molar-refractivity contribution in [1.29, 1.82) is 0 Å². The third-order valence-corrected chi connectivity index (χ3v) is 4.07. The Labute approximate surface area is 124 Å². The molecule has 0 saturated carbocycles. The van der Waals surface area contributed by atoms with E-state index >= 15 is 0 Å². The predicted octanol–water partition coefficient (Wildman–Crippen LogP) is 4.40. The van der Waals surface area contributed by atoms with Crippen LogP contribution in [-0.2, 0) is 0 Å². The third-order valence-electron chi connectivity index (χ3n) is 4.07. The molecule has 0 spiro atoms. The first-order chi connectivity index (χ1) is 9.55. The van der Waals surface area contributed by atoms with E-state index < -0.39 is 5.60 Å². The monoisotopic (exact) mass is 277 g/mol. The lowest BCUT2D eigenvalue weighted by Gasteiger charge is -2.41. The summed E-state index contributed by atoms with van der Waals surface area (Å²) in [6, 6.07) is 10.5. The van der Waals surface area contributed by atoms with Crippen molar-refractivity contribution in [2.24, 2.45) is 0 Å². The second-order valence-electron chi connectivity index (χ2n) is 6.09. The summed E-state index contributed by atoms with van der Waals surface area (Å²) in [4.78, 5) is 2.17. The predicted molar refractivity (Wildman–Crippen MR) is 86.9 cm³/mol. The molecule has 0 aliphatic heterocycles. The zero-order chi connectivity index (χ0) is 15.0. The van der Waals surface area contributed by atoms with E-state index in [-0.39, 0.29) is 6.04 Å². The van der Waals surface area contributed by atoms with Crippen LogP contribution in [0.1, 0.15) is 64.0 Å². The summed E-state index contributed by atoms with van der Waals surface area (Å²) in [5.74, 6) is 0. The Morgan fingerprint density at radius 2 is 1.50 bits per heavy atom. The molecule has 0 aromatic heterocycles. The van der Waals surface area contributed by atoms with Gasteiger partial charge in [-0.15, -0.1) is 0 Å². The lowest BCUT2D eigenvalue weighted by molar-refractivity contribution is -0.0515. The van der Waals surface area contributed by atoms with Gasteiger partial charge in [0.05, 0.1) is 11.6 Å². The molecule has 114 valence electrons. The standard InChI is InChI=1S/C18H31NO/c1-5-7-14-18(20,15-8-6-2)17(19(3)4)16-12-10-9-11-13-16/h9-13,17,20H,5-8,14-15H2,1-4H3. The van der Waals surface area contributed by atoms with Crippen molar-refractivity contribution >= 4 is 0 Å².